The lowest BCUT2D eigenvalue weighted by Gasteiger charge is -2.17. The first-order valence-electron chi connectivity index (χ1n) is 7.47. The van der Waals surface area contributed by atoms with Crippen LogP contribution in [0.25, 0.3) is 11.0 Å². The van der Waals surface area contributed by atoms with Gasteiger partial charge in [-0.1, -0.05) is 23.8 Å². The topological polar surface area (TPSA) is 33.5 Å². The van der Waals surface area contributed by atoms with Gasteiger partial charge in [-0.05, 0) is 49.4 Å². The highest BCUT2D eigenvalue weighted by atomic mass is 19.1. The van der Waals surface area contributed by atoms with Crippen LogP contribution in [0.4, 0.5) is 4.39 Å². The van der Waals surface area contributed by atoms with Gasteiger partial charge in [0.1, 0.15) is 11.4 Å². The average Bonchev–Trinajstić information content (AvgIpc) is 2.50. The molecule has 4 heteroatoms. The second-order valence-corrected chi connectivity index (χ2v) is 5.89. The van der Waals surface area contributed by atoms with Gasteiger partial charge in [0.15, 0.2) is 0 Å². The van der Waals surface area contributed by atoms with Gasteiger partial charge in [-0.2, -0.15) is 0 Å². The minimum atomic E-state index is -0.341. The molecule has 1 aromatic heterocycles. The molecular weight excluding hydrogens is 293 g/mol. The maximum absolute atomic E-state index is 13.0. The predicted molar refractivity (Wildman–Crippen MR) is 88.8 cm³/mol. The summed E-state index contributed by atoms with van der Waals surface area (Å²) in [7, 11) is 1.97. The van der Waals surface area contributed by atoms with Gasteiger partial charge in [-0.25, -0.2) is 9.18 Å². The Balaban J connectivity index is 1.86. The summed E-state index contributed by atoms with van der Waals surface area (Å²) in [5.41, 5.74) is 3.34. The minimum absolute atomic E-state index is 0.237. The Morgan fingerprint density at radius 1 is 1.04 bits per heavy atom. The maximum atomic E-state index is 13.0. The zero-order valence-corrected chi connectivity index (χ0v) is 13.2. The van der Waals surface area contributed by atoms with Crippen molar-refractivity contribution < 1.29 is 8.81 Å². The molecule has 0 unspecified atom stereocenters. The summed E-state index contributed by atoms with van der Waals surface area (Å²) >= 11 is 0. The predicted octanol–water partition coefficient (Wildman–Crippen LogP) is 3.87. The zero-order chi connectivity index (χ0) is 16.4. The van der Waals surface area contributed by atoms with Crippen molar-refractivity contribution in [2.24, 2.45) is 0 Å². The van der Waals surface area contributed by atoms with Crippen LogP contribution in [-0.2, 0) is 13.1 Å². The van der Waals surface area contributed by atoms with E-state index >= 15 is 0 Å². The van der Waals surface area contributed by atoms with Crippen LogP contribution in [0.15, 0.2) is 57.7 Å². The van der Waals surface area contributed by atoms with E-state index in [-0.39, 0.29) is 11.4 Å². The third kappa shape index (κ3) is 3.66. The summed E-state index contributed by atoms with van der Waals surface area (Å²) in [6.45, 7) is 3.30. The number of benzene rings is 2. The van der Waals surface area contributed by atoms with E-state index in [1.165, 1.54) is 12.1 Å². The molecule has 0 amide bonds. The van der Waals surface area contributed by atoms with Crippen LogP contribution in [0.1, 0.15) is 16.7 Å². The van der Waals surface area contributed by atoms with Crippen molar-refractivity contribution in [2.75, 3.05) is 7.05 Å². The van der Waals surface area contributed by atoms with Crippen LogP contribution in [0.3, 0.4) is 0 Å². The van der Waals surface area contributed by atoms with E-state index in [0.717, 1.165) is 22.1 Å². The van der Waals surface area contributed by atoms with Gasteiger partial charge in [0.2, 0.25) is 0 Å². The van der Waals surface area contributed by atoms with E-state index in [9.17, 15) is 9.18 Å². The number of aryl methyl sites for hydroxylation is 1. The molecule has 0 saturated heterocycles. The molecule has 0 atom stereocenters. The van der Waals surface area contributed by atoms with Crippen molar-refractivity contribution >= 4 is 11.0 Å². The highest BCUT2D eigenvalue weighted by Gasteiger charge is 2.09. The molecule has 0 aliphatic rings. The van der Waals surface area contributed by atoms with E-state index in [4.69, 9.17) is 4.42 Å². The Kier molecular flexibility index (Phi) is 4.26. The third-order valence-corrected chi connectivity index (χ3v) is 3.79. The Bertz CT molecular complexity index is 884. The highest BCUT2D eigenvalue weighted by molar-refractivity contribution is 5.80. The lowest BCUT2D eigenvalue weighted by Crippen LogP contribution is -2.18. The van der Waals surface area contributed by atoms with E-state index in [1.807, 2.05) is 32.2 Å². The van der Waals surface area contributed by atoms with Crippen LogP contribution in [0, 0.1) is 12.7 Å². The van der Waals surface area contributed by atoms with Crippen molar-refractivity contribution in [1.29, 1.82) is 0 Å². The molecule has 0 N–H and O–H groups in total. The summed E-state index contributed by atoms with van der Waals surface area (Å²) < 4.78 is 18.2. The van der Waals surface area contributed by atoms with Gasteiger partial charge < -0.3 is 4.42 Å². The van der Waals surface area contributed by atoms with Gasteiger partial charge in [0.25, 0.3) is 0 Å². The molecule has 3 rings (SSSR count). The van der Waals surface area contributed by atoms with Crippen LogP contribution in [0.5, 0.6) is 0 Å². The Labute approximate surface area is 134 Å². The molecule has 0 aliphatic heterocycles. The normalized spacial score (nSPS) is 11.3. The molecule has 0 bridgehead atoms. The van der Waals surface area contributed by atoms with Gasteiger partial charge in [0.05, 0.1) is 0 Å². The number of halogens is 1. The Hall–Kier alpha value is -2.46. The molecular formula is C19H18FNO2. The smallest absolute Gasteiger partial charge is 0.336 e. The van der Waals surface area contributed by atoms with Gasteiger partial charge >= 0.3 is 5.63 Å². The van der Waals surface area contributed by atoms with Crippen LogP contribution < -0.4 is 5.63 Å². The molecule has 0 fully saturated rings. The summed E-state index contributed by atoms with van der Waals surface area (Å²) in [6.07, 6.45) is 0. The number of fused-ring (bicyclic) bond motifs is 1. The molecule has 0 radical (unpaired) electrons. The monoisotopic (exact) mass is 311 g/mol. The molecule has 3 nitrogen and oxygen atoms in total. The molecule has 0 spiro atoms. The molecule has 0 saturated carbocycles. The van der Waals surface area contributed by atoms with Crippen molar-refractivity contribution in [2.45, 2.75) is 20.0 Å². The third-order valence-electron chi connectivity index (χ3n) is 3.79. The quantitative estimate of drug-likeness (QED) is 0.686. The van der Waals surface area contributed by atoms with E-state index in [2.05, 4.69) is 4.90 Å². The second-order valence-electron chi connectivity index (χ2n) is 5.89. The summed E-state index contributed by atoms with van der Waals surface area (Å²) in [4.78, 5) is 13.8. The summed E-state index contributed by atoms with van der Waals surface area (Å²) in [5.74, 6) is -0.237. The van der Waals surface area contributed by atoms with E-state index in [0.29, 0.717) is 18.7 Å². The zero-order valence-electron chi connectivity index (χ0n) is 13.2. The van der Waals surface area contributed by atoms with Crippen molar-refractivity contribution in [1.82, 2.24) is 4.90 Å². The van der Waals surface area contributed by atoms with Gasteiger partial charge in [-0.3, -0.25) is 4.90 Å². The minimum Gasteiger partial charge on any atom is -0.423 e. The molecule has 3 aromatic rings. The Morgan fingerprint density at radius 2 is 1.78 bits per heavy atom. The number of hydrogen-bond donors (Lipinski definition) is 0. The first-order chi connectivity index (χ1) is 11.0. The lowest BCUT2D eigenvalue weighted by molar-refractivity contribution is 0.319. The molecule has 2 aromatic carbocycles. The van der Waals surface area contributed by atoms with Gasteiger partial charge in [-0.15, -0.1) is 0 Å². The molecule has 23 heavy (non-hydrogen) atoms. The Morgan fingerprint density at radius 3 is 2.52 bits per heavy atom. The molecule has 0 aliphatic carbocycles. The average molecular weight is 311 g/mol. The van der Waals surface area contributed by atoms with Crippen LogP contribution >= 0.6 is 0 Å². The molecule has 1 heterocycles. The first kappa shape index (κ1) is 15.4. The maximum Gasteiger partial charge on any atom is 0.336 e. The summed E-state index contributed by atoms with van der Waals surface area (Å²) in [6, 6.07) is 13.8. The fourth-order valence-electron chi connectivity index (χ4n) is 2.72. The van der Waals surface area contributed by atoms with Crippen molar-refractivity contribution in [3.8, 4) is 0 Å². The highest BCUT2D eigenvalue weighted by Crippen LogP contribution is 2.20. The number of hydrogen-bond acceptors (Lipinski definition) is 3. The summed E-state index contributed by atoms with van der Waals surface area (Å²) in [5, 5.41) is 0.954. The molecule has 118 valence electrons. The van der Waals surface area contributed by atoms with Gasteiger partial charge in [0, 0.05) is 24.5 Å². The standard InChI is InChI=1S/C19H18FNO2/c1-13-3-8-18-17(9-13)15(10-19(22)23-18)12-21(2)11-14-4-6-16(20)7-5-14/h3-10H,11-12H2,1-2H3. The van der Waals surface area contributed by atoms with E-state index in [1.54, 1.807) is 18.2 Å². The van der Waals surface area contributed by atoms with Crippen LogP contribution in [-0.4, -0.2) is 11.9 Å². The second kappa shape index (κ2) is 6.34. The van der Waals surface area contributed by atoms with Crippen molar-refractivity contribution in [3.63, 3.8) is 0 Å². The number of rotatable bonds is 4. The van der Waals surface area contributed by atoms with Crippen LogP contribution in [0.2, 0.25) is 0 Å². The fourth-order valence-corrected chi connectivity index (χ4v) is 2.72. The number of nitrogens with zero attached hydrogens (tertiary/aromatic N) is 1. The lowest BCUT2D eigenvalue weighted by atomic mass is 10.1. The van der Waals surface area contributed by atoms with Crippen molar-refractivity contribution in [3.05, 3.63) is 81.5 Å². The largest absolute Gasteiger partial charge is 0.423 e. The SMILES string of the molecule is Cc1ccc2oc(=O)cc(CN(C)Cc3ccc(F)cc3)c2c1. The first-order valence-corrected chi connectivity index (χ1v) is 7.47. The fraction of sp³-hybridized carbons (Fsp3) is 0.211. The van der Waals surface area contributed by atoms with E-state index < -0.39 is 0 Å².